The van der Waals surface area contributed by atoms with Crippen molar-refractivity contribution in [2.24, 2.45) is 10.1 Å². The monoisotopic (exact) mass is 447 g/mol. The third-order valence-corrected chi connectivity index (χ3v) is 6.64. The molecule has 1 aromatic heterocycles. The molecule has 5 rings (SSSR count). The molecule has 1 N–H and O–H groups in total. The molecule has 2 aliphatic heterocycles. The minimum atomic E-state index is -0.417. The van der Waals surface area contributed by atoms with Gasteiger partial charge in [-0.3, -0.25) is 10.2 Å². The van der Waals surface area contributed by atoms with Gasteiger partial charge < -0.3 is 4.57 Å². The van der Waals surface area contributed by atoms with Crippen LogP contribution in [0, 0.1) is 5.41 Å². The fraction of sp³-hybridized carbons (Fsp3) is 0.130. The number of benzene rings is 2. The minimum Gasteiger partial charge on any atom is -0.342 e. The van der Waals surface area contributed by atoms with Crippen molar-refractivity contribution in [2.75, 3.05) is 0 Å². The second kappa shape index (κ2) is 7.83. The van der Waals surface area contributed by atoms with E-state index in [1.807, 2.05) is 61.7 Å². The number of para-hydroxylation sites is 1. The van der Waals surface area contributed by atoms with Crippen LogP contribution in [0.4, 0.5) is 0 Å². The van der Waals surface area contributed by atoms with E-state index in [0.29, 0.717) is 16.7 Å². The summed E-state index contributed by atoms with van der Waals surface area (Å²) in [5.74, 6) is -0.367. The Bertz CT molecular complexity index is 1340. The van der Waals surface area contributed by atoms with Gasteiger partial charge in [0, 0.05) is 34.2 Å². The van der Waals surface area contributed by atoms with Crippen molar-refractivity contribution >= 4 is 62.3 Å². The number of fused-ring (bicyclic) bond motifs is 2. The number of hydrogen-bond donors (Lipinski definition) is 1. The largest absolute Gasteiger partial charge is 0.342 e. The summed E-state index contributed by atoms with van der Waals surface area (Å²) in [6.07, 6.45) is 4.46. The van der Waals surface area contributed by atoms with Crippen molar-refractivity contribution < 1.29 is 4.79 Å². The number of halogens is 1. The molecule has 0 saturated carbocycles. The molecule has 3 heterocycles. The average molecular weight is 448 g/mol. The van der Waals surface area contributed by atoms with Gasteiger partial charge in [-0.1, -0.05) is 54.9 Å². The van der Waals surface area contributed by atoms with Crippen LogP contribution in [-0.2, 0) is 11.3 Å². The number of carbonyl (C=O) groups excluding carboxylic acids is 1. The predicted octanol–water partition coefficient (Wildman–Crippen LogP) is 5.37. The lowest BCUT2D eigenvalue weighted by Crippen LogP contribution is -2.35. The number of hydrogen-bond acceptors (Lipinski definition) is 4. The second-order valence-electron chi connectivity index (χ2n) is 7.19. The Morgan fingerprint density at radius 3 is 2.74 bits per heavy atom. The van der Waals surface area contributed by atoms with Crippen molar-refractivity contribution in [2.45, 2.75) is 19.9 Å². The third kappa shape index (κ3) is 3.49. The Hall–Kier alpha value is -3.16. The van der Waals surface area contributed by atoms with Gasteiger partial charge in [0.25, 0.3) is 5.91 Å². The number of hydrazone groups is 1. The highest BCUT2D eigenvalue weighted by molar-refractivity contribution is 8.26. The fourth-order valence-corrected chi connectivity index (χ4v) is 4.68. The summed E-state index contributed by atoms with van der Waals surface area (Å²) in [4.78, 5) is 16.9. The van der Waals surface area contributed by atoms with E-state index < -0.39 is 5.91 Å². The zero-order valence-electron chi connectivity index (χ0n) is 16.7. The molecule has 0 aliphatic carbocycles. The smallest absolute Gasteiger partial charge is 0.283 e. The van der Waals surface area contributed by atoms with Gasteiger partial charge in [-0.15, -0.1) is 0 Å². The van der Waals surface area contributed by atoms with Crippen LogP contribution in [0.25, 0.3) is 17.0 Å². The van der Waals surface area contributed by atoms with Gasteiger partial charge in [0.1, 0.15) is 5.04 Å². The molecular weight excluding hydrogens is 430 g/mol. The lowest BCUT2D eigenvalue weighted by molar-refractivity contribution is -0.114. The number of rotatable bonds is 4. The van der Waals surface area contributed by atoms with Crippen LogP contribution in [0.3, 0.4) is 0 Å². The van der Waals surface area contributed by atoms with E-state index in [1.165, 1.54) is 16.8 Å². The zero-order valence-corrected chi connectivity index (χ0v) is 18.2. The summed E-state index contributed by atoms with van der Waals surface area (Å²) >= 11 is 7.71. The van der Waals surface area contributed by atoms with Gasteiger partial charge in [-0.2, -0.15) is 15.1 Å². The molecule has 1 amide bonds. The molecule has 154 valence electrons. The maximum atomic E-state index is 12.7. The Balaban J connectivity index is 1.58. The van der Waals surface area contributed by atoms with Crippen LogP contribution < -0.4 is 0 Å². The van der Waals surface area contributed by atoms with Crippen LogP contribution in [0.15, 0.2) is 70.4 Å². The lowest BCUT2D eigenvalue weighted by atomic mass is 10.1. The average Bonchev–Trinajstić information content (AvgIpc) is 3.34. The zero-order chi connectivity index (χ0) is 21.5. The molecule has 0 spiro atoms. The molecule has 0 fully saturated rings. The van der Waals surface area contributed by atoms with E-state index in [9.17, 15) is 4.79 Å². The molecule has 0 atom stereocenters. The molecule has 0 unspecified atom stereocenters. The molecular formula is C23H18ClN5OS. The van der Waals surface area contributed by atoms with Crippen molar-refractivity contribution in [3.8, 4) is 0 Å². The molecule has 2 aliphatic rings. The minimum absolute atomic E-state index is 0.0499. The fourth-order valence-electron chi connectivity index (χ4n) is 3.66. The Morgan fingerprint density at radius 1 is 1.16 bits per heavy atom. The Morgan fingerprint density at radius 2 is 1.94 bits per heavy atom. The van der Waals surface area contributed by atoms with Gasteiger partial charge in [0.05, 0.1) is 5.57 Å². The van der Waals surface area contributed by atoms with Crippen molar-refractivity contribution in [3.63, 3.8) is 0 Å². The third-order valence-electron chi connectivity index (χ3n) is 5.22. The first-order valence-corrected chi connectivity index (χ1v) is 11.0. The standard InChI is InChI=1S/C23H18ClN5OS/c1-2-20-27-29-21(25)17(22(30)26-23(29)31-20)11-15-13-28(19-10-6-4-8-16(15)19)12-14-7-3-5-9-18(14)24/h3-11,13,25H,2,12H2,1H3/b17-11+,25-21?. The summed E-state index contributed by atoms with van der Waals surface area (Å²) < 4.78 is 2.10. The molecule has 0 bridgehead atoms. The van der Waals surface area contributed by atoms with Crippen LogP contribution in [0.5, 0.6) is 0 Å². The van der Waals surface area contributed by atoms with Crippen molar-refractivity contribution in [1.29, 1.82) is 5.41 Å². The van der Waals surface area contributed by atoms with Crippen LogP contribution in [0.1, 0.15) is 24.5 Å². The van der Waals surface area contributed by atoms with Gasteiger partial charge in [-0.05, 0) is 42.0 Å². The van der Waals surface area contributed by atoms with Gasteiger partial charge in [0.2, 0.25) is 5.17 Å². The summed E-state index contributed by atoms with van der Waals surface area (Å²) in [6.45, 7) is 2.59. The van der Waals surface area contributed by atoms with Crippen LogP contribution in [0.2, 0.25) is 5.02 Å². The maximum absolute atomic E-state index is 12.7. The number of nitrogens with one attached hydrogen (secondary N) is 1. The second-order valence-corrected chi connectivity index (χ2v) is 8.64. The van der Waals surface area contributed by atoms with Gasteiger partial charge >= 0.3 is 0 Å². The van der Waals surface area contributed by atoms with Crippen LogP contribution >= 0.6 is 23.4 Å². The summed E-state index contributed by atoms with van der Waals surface area (Å²) in [6, 6.07) is 15.7. The predicted molar refractivity (Wildman–Crippen MR) is 128 cm³/mol. The topological polar surface area (TPSA) is 73.8 Å². The SMILES string of the molecule is CCC1=NN2C(=N)/C(=C\c3cn(Cc4ccccc4Cl)c4ccccc34)C(=O)N=C2S1. The number of carbonyl (C=O) groups is 1. The summed E-state index contributed by atoms with van der Waals surface area (Å²) in [5.41, 5.74) is 3.11. The molecule has 6 nitrogen and oxygen atoms in total. The van der Waals surface area contributed by atoms with Gasteiger partial charge in [0.15, 0.2) is 5.84 Å². The number of amides is 1. The van der Waals surface area contributed by atoms with E-state index >= 15 is 0 Å². The number of thioether (sulfide) groups is 1. The highest BCUT2D eigenvalue weighted by atomic mass is 35.5. The number of aromatic nitrogens is 1. The van der Waals surface area contributed by atoms with Crippen molar-refractivity contribution in [1.82, 2.24) is 9.58 Å². The van der Waals surface area contributed by atoms with E-state index in [-0.39, 0.29) is 11.4 Å². The Kier molecular flexibility index (Phi) is 5.00. The first-order valence-electron chi connectivity index (χ1n) is 9.85. The van der Waals surface area contributed by atoms with E-state index in [4.69, 9.17) is 17.0 Å². The number of aliphatic imine (C=N–C) groups is 1. The number of amidine groups is 2. The first kappa shape index (κ1) is 19.8. The van der Waals surface area contributed by atoms with E-state index in [2.05, 4.69) is 14.7 Å². The highest BCUT2D eigenvalue weighted by Crippen LogP contribution is 2.31. The summed E-state index contributed by atoms with van der Waals surface area (Å²) in [5, 5.41) is 17.4. The Labute approximate surface area is 188 Å². The van der Waals surface area contributed by atoms with E-state index in [0.717, 1.165) is 33.5 Å². The summed E-state index contributed by atoms with van der Waals surface area (Å²) in [7, 11) is 0. The first-order chi connectivity index (χ1) is 15.0. The molecule has 3 aromatic rings. The van der Waals surface area contributed by atoms with Crippen LogP contribution in [-0.4, -0.2) is 31.5 Å². The molecule has 0 radical (unpaired) electrons. The number of nitrogens with zero attached hydrogens (tertiary/aromatic N) is 4. The maximum Gasteiger partial charge on any atom is 0.283 e. The van der Waals surface area contributed by atoms with Gasteiger partial charge in [-0.25, -0.2) is 0 Å². The molecule has 8 heteroatoms. The van der Waals surface area contributed by atoms with Crippen molar-refractivity contribution in [3.05, 3.63) is 76.5 Å². The molecule has 31 heavy (non-hydrogen) atoms. The lowest BCUT2D eigenvalue weighted by Gasteiger charge is -2.20. The molecule has 0 saturated heterocycles. The molecule has 2 aromatic carbocycles. The highest BCUT2D eigenvalue weighted by Gasteiger charge is 2.35. The normalized spacial score (nSPS) is 17.4. The quantitative estimate of drug-likeness (QED) is 0.546. The van der Waals surface area contributed by atoms with E-state index in [1.54, 1.807) is 6.08 Å².